The number of aryl methyl sites for hydroxylation is 2. The van der Waals surface area contributed by atoms with Gasteiger partial charge in [0.1, 0.15) is 0 Å². The Labute approximate surface area is 104 Å². The van der Waals surface area contributed by atoms with Crippen molar-refractivity contribution < 1.29 is 9.21 Å². The maximum atomic E-state index is 11.9. The van der Waals surface area contributed by atoms with Crippen LogP contribution in [0.15, 0.2) is 39.9 Å². The molecule has 94 valence electrons. The summed E-state index contributed by atoms with van der Waals surface area (Å²) in [5.41, 5.74) is 1.25. The molecule has 0 aliphatic heterocycles. The summed E-state index contributed by atoms with van der Waals surface area (Å²) >= 11 is 0. The van der Waals surface area contributed by atoms with Gasteiger partial charge in [-0.1, -0.05) is 0 Å². The number of hydrogen-bond donors (Lipinski definition) is 1. The molecule has 2 aromatic rings. The lowest BCUT2D eigenvalue weighted by Gasteiger charge is -2.07. The van der Waals surface area contributed by atoms with E-state index in [4.69, 9.17) is 4.42 Å². The van der Waals surface area contributed by atoms with Gasteiger partial charge in [-0.3, -0.25) is 9.59 Å². The number of furan rings is 1. The molecule has 5 nitrogen and oxygen atoms in total. The fourth-order valence-corrected chi connectivity index (χ4v) is 1.65. The summed E-state index contributed by atoms with van der Waals surface area (Å²) in [5.74, 6) is -0.0388. The highest BCUT2D eigenvalue weighted by Gasteiger charge is 2.12. The molecular weight excluding hydrogens is 232 g/mol. The first kappa shape index (κ1) is 12.2. The molecule has 2 rings (SSSR count). The molecule has 0 bridgehead atoms. The Morgan fingerprint density at radius 1 is 1.39 bits per heavy atom. The summed E-state index contributed by atoms with van der Waals surface area (Å²) in [4.78, 5) is 23.3. The van der Waals surface area contributed by atoms with Crippen molar-refractivity contribution >= 4 is 11.6 Å². The monoisotopic (exact) mass is 246 g/mol. The third-order valence-electron chi connectivity index (χ3n) is 2.65. The Morgan fingerprint density at radius 3 is 2.78 bits per heavy atom. The van der Waals surface area contributed by atoms with E-state index >= 15 is 0 Å². The number of carbonyl (C=O) groups excluding carboxylic acids is 1. The van der Waals surface area contributed by atoms with Crippen LogP contribution in [-0.4, -0.2) is 10.5 Å². The maximum Gasteiger partial charge on any atom is 0.291 e. The molecule has 2 aromatic heterocycles. The van der Waals surface area contributed by atoms with E-state index in [1.54, 1.807) is 25.3 Å². The second-order valence-electron chi connectivity index (χ2n) is 3.93. The number of amides is 1. The molecule has 0 spiro atoms. The predicted molar refractivity (Wildman–Crippen MR) is 67.8 cm³/mol. The third-order valence-corrected chi connectivity index (χ3v) is 2.65. The lowest BCUT2D eigenvalue weighted by molar-refractivity contribution is 0.0996. The molecule has 0 unspecified atom stereocenters. The van der Waals surface area contributed by atoms with Crippen molar-refractivity contribution in [2.75, 3.05) is 5.32 Å². The molecule has 1 N–H and O–H groups in total. The Kier molecular flexibility index (Phi) is 3.32. The van der Waals surface area contributed by atoms with Crippen LogP contribution in [0.3, 0.4) is 0 Å². The van der Waals surface area contributed by atoms with Crippen LogP contribution in [0.1, 0.15) is 23.0 Å². The van der Waals surface area contributed by atoms with Crippen molar-refractivity contribution in [2.24, 2.45) is 0 Å². The van der Waals surface area contributed by atoms with Crippen LogP contribution in [0.25, 0.3) is 0 Å². The largest absolute Gasteiger partial charge is 0.459 e. The van der Waals surface area contributed by atoms with Crippen molar-refractivity contribution in [2.45, 2.75) is 20.4 Å². The summed E-state index contributed by atoms with van der Waals surface area (Å²) in [6.07, 6.45) is 3.08. The fraction of sp³-hybridized carbons (Fsp3) is 0.231. The van der Waals surface area contributed by atoms with Crippen LogP contribution in [0.5, 0.6) is 0 Å². The summed E-state index contributed by atoms with van der Waals surface area (Å²) < 4.78 is 6.62. The van der Waals surface area contributed by atoms with E-state index in [1.165, 1.54) is 16.9 Å². The number of anilines is 1. The van der Waals surface area contributed by atoms with E-state index in [2.05, 4.69) is 5.32 Å². The number of rotatable bonds is 3. The van der Waals surface area contributed by atoms with Gasteiger partial charge in [-0.2, -0.15) is 0 Å². The minimum absolute atomic E-state index is 0.0929. The summed E-state index contributed by atoms with van der Waals surface area (Å²) in [6, 6.07) is 4.72. The van der Waals surface area contributed by atoms with Gasteiger partial charge in [-0.15, -0.1) is 0 Å². The van der Waals surface area contributed by atoms with Gasteiger partial charge in [0.05, 0.1) is 12.0 Å². The van der Waals surface area contributed by atoms with Crippen molar-refractivity contribution in [3.8, 4) is 0 Å². The van der Waals surface area contributed by atoms with Gasteiger partial charge < -0.3 is 14.3 Å². The zero-order valence-corrected chi connectivity index (χ0v) is 10.3. The smallest absolute Gasteiger partial charge is 0.291 e. The quantitative estimate of drug-likeness (QED) is 0.901. The van der Waals surface area contributed by atoms with Gasteiger partial charge in [-0.25, -0.2) is 0 Å². The minimum atomic E-state index is -0.321. The molecule has 0 atom stereocenters. The average molecular weight is 246 g/mol. The Bertz CT molecular complexity index is 625. The Balaban J connectivity index is 2.22. The topological polar surface area (TPSA) is 64.2 Å². The number of pyridine rings is 1. The van der Waals surface area contributed by atoms with E-state index < -0.39 is 0 Å². The predicted octanol–water partition coefficient (Wildman–Crippen LogP) is 2.02. The zero-order chi connectivity index (χ0) is 13.1. The highest BCUT2D eigenvalue weighted by Crippen LogP contribution is 2.12. The van der Waals surface area contributed by atoms with Crippen molar-refractivity contribution in [3.63, 3.8) is 0 Å². The van der Waals surface area contributed by atoms with Gasteiger partial charge >= 0.3 is 0 Å². The summed E-state index contributed by atoms with van der Waals surface area (Å²) in [6.45, 7) is 4.22. The highest BCUT2D eigenvalue weighted by atomic mass is 16.3. The molecule has 0 radical (unpaired) electrons. The van der Waals surface area contributed by atoms with Gasteiger partial charge in [0.15, 0.2) is 5.76 Å². The number of aromatic nitrogens is 1. The van der Waals surface area contributed by atoms with E-state index in [1.807, 2.05) is 6.92 Å². The third kappa shape index (κ3) is 2.34. The summed E-state index contributed by atoms with van der Waals surface area (Å²) in [7, 11) is 0. The molecule has 0 aliphatic rings. The Morgan fingerprint density at radius 2 is 2.17 bits per heavy atom. The Hall–Kier alpha value is -2.30. The molecule has 2 heterocycles. The molecular formula is C13H14N2O3. The van der Waals surface area contributed by atoms with Crippen molar-refractivity contribution in [1.29, 1.82) is 0 Å². The van der Waals surface area contributed by atoms with E-state index in [0.29, 0.717) is 12.2 Å². The lowest BCUT2D eigenvalue weighted by atomic mass is 10.2. The molecule has 18 heavy (non-hydrogen) atoms. The number of hydrogen-bond acceptors (Lipinski definition) is 3. The molecule has 0 saturated carbocycles. The SMILES string of the molecule is CCn1cc(NC(=O)c2occc2C)ccc1=O. The average Bonchev–Trinajstić information content (AvgIpc) is 2.78. The number of nitrogens with one attached hydrogen (secondary N) is 1. The first-order valence-electron chi connectivity index (χ1n) is 5.67. The minimum Gasteiger partial charge on any atom is -0.459 e. The normalized spacial score (nSPS) is 10.3. The van der Waals surface area contributed by atoms with Crippen LogP contribution in [0.2, 0.25) is 0 Å². The first-order chi connectivity index (χ1) is 8.61. The molecule has 5 heteroatoms. The van der Waals surface area contributed by atoms with Crippen LogP contribution in [0, 0.1) is 6.92 Å². The second-order valence-corrected chi connectivity index (χ2v) is 3.93. The molecule has 0 saturated heterocycles. The lowest BCUT2D eigenvalue weighted by Crippen LogP contribution is -2.19. The maximum absolute atomic E-state index is 11.9. The number of nitrogens with zero attached hydrogens (tertiary/aromatic N) is 1. The van der Waals surface area contributed by atoms with Gasteiger partial charge in [0, 0.05) is 24.4 Å². The molecule has 0 fully saturated rings. The molecule has 0 aromatic carbocycles. The van der Waals surface area contributed by atoms with Gasteiger partial charge in [0.2, 0.25) is 0 Å². The van der Waals surface area contributed by atoms with Crippen LogP contribution in [-0.2, 0) is 6.54 Å². The van der Waals surface area contributed by atoms with Crippen molar-refractivity contribution in [3.05, 3.63) is 52.3 Å². The van der Waals surface area contributed by atoms with Gasteiger partial charge in [0.25, 0.3) is 11.5 Å². The van der Waals surface area contributed by atoms with E-state index in [0.717, 1.165) is 5.56 Å². The van der Waals surface area contributed by atoms with E-state index in [9.17, 15) is 9.59 Å². The van der Waals surface area contributed by atoms with Crippen LogP contribution >= 0.6 is 0 Å². The van der Waals surface area contributed by atoms with Crippen LogP contribution < -0.4 is 10.9 Å². The summed E-state index contributed by atoms with van der Waals surface area (Å²) in [5, 5.41) is 2.69. The standard InChI is InChI=1S/C13H14N2O3/c1-3-15-8-10(4-5-11(15)16)14-13(17)12-9(2)6-7-18-12/h4-8H,3H2,1-2H3,(H,14,17). The second kappa shape index (κ2) is 4.91. The highest BCUT2D eigenvalue weighted by molar-refractivity contribution is 6.03. The molecule has 1 amide bonds. The van der Waals surface area contributed by atoms with Crippen molar-refractivity contribution in [1.82, 2.24) is 4.57 Å². The fourth-order valence-electron chi connectivity index (χ4n) is 1.65. The van der Waals surface area contributed by atoms with Crippen LogP contribution in [0.4, 0.5) is 5.69 Å². The molecule has 0 aliphatic carbocycles. The zero-order valence-electron chi connectivity index (χ0n) is 10.3. The van der Waals surface area contributed by atoms with Gasteiger partial charge in [-0.05, 0) is 26.0 Å². The first-order valence-corrected chi connectivity index (χ1v) is 5.67. The van der Waals surface area contributed by atoms with E-state index in [-0.39, 0.29) is 17.2 Å². The number of carbonyl (C=O) groups is 1.